The van der Waals surface area contributed by atoms with Gasteiger partial charge in [0.25, 0.3) is 0 Å². The van der Waals surface area contributed by atoms with E-state index in [4.69, 9.17) is 12.2 Å². The second kappa shape index (κ2) is 4.49. The summed E-state index contributed by atoms with van der Waals surface area (Å²) in [6.45, 7) is 0. The molecule has 16 heavy (non-hydrogen) atoms. The molecule has 82 valence electrons. The molecule has 0 atom stereocenters. The molecule has 1 heterocycles. The monoisotopic (exact) mass is 238 g/mol. The van der Waals surface area contributed by atoms with E-state index in [0.29, 0.717) is 12.1 Å². The van der Waals surface area contributed by atoms with Gasteiger partial charge in [-0.2, -0.15) is 0 Å². The van der Waals surface area contributed by atoms with Crippen LogP contribution in [0.3, 0.4) is 0 Å². The molecule has 0 fully saturated rings. The van der Waals surface area contributed by atoms with Crippen LogP contribution in [0, 0.1) is 16.3 Å². The van der Waals surface area contributed by atoms with Gasteiger partial charge < -0.3 is 4.98 Å². The van der Waals surface area contributed by atoms with Gasteiger partial charge in [-0.15, -0.1) is 0 Å². The van der Waals surface area contributed by atoms with E-state index in [-0.39, 0.29) is 10.5 Å². The van der Waals surface area contributed by atoms with Crippen LogP contribution < -0.4 is 0 Å². The lowest BCUT2D eigenvalue weighted by Crippen LogP contribution is -1.98. The standard InChI is InChI=1S/C11H8F2N2S/c12-8-3-1-7(2-4-8)5-9-10(13)11(16)15-6-14-9/h1-4,6H,5H2,(H,14,15,16). The van der Waals surface area contributed by atoms with Crippen molar-refractivity contribution in [3.05, 3.63) is 58.1 Å². The maximum absolute atomic E-state index is 13.5. The fraction of sp³-hybridized carbons (Fsp3) is 0.0909. The topological polar surface area (TPSA) is 28.7 Å². The molecule has 0 aliphatic rings. The Morgan fingerprint density at radius 1 is 1.19 bits per heavy atom. The second-order valence-electron chi connectivity index (χ2n) is 3.30. The lowest BCUT2D eigenvalue weighted by Gasteiger charge is -2.03. The predicted molar refractivity (Wildman–Crippen MR) is 58.6 cm³/mol. The summed E-state index contributed by atoms with van der Waals surface area (Å²) in [6, 6.07) is 5.88. The van der Waals surface area contributed by atoms with Crippen LogP contribution in [-0.4, -0.2) is 9.97 Å². The van der Waals surface area contributed by atoms with Gasteiger partial charge in [-0.05, 0) is 17.7 Å². The molecule has 5 heteroatoms. The summed E-state index contributed by atoms with van der Waals surface area (Å²) in [5.41, 5.74) is 1.16. The van der Waals surface area contributed by atoms with Crippen molar-refractivity contribution in [2.75, 3.05) is 0 Å². The fourth-order valence-corrected chi connectivity index (χ4v) is 1.53. The summed E-state index contributed by atoms with van der Waals surface area (Å²) in [7, 11) is 0. The Morgan fingerprint density at radius 2 is 1.88 bits per heavy atom. The van der Waals surface area contributed by atoms with Gasteiger partial charge in [0.15, 0.2) is 10.5 Å². The summed E-state index contributed by atoms with van der Waals surface area (Å²) >= 11 is 4.71. The van der Waals surface area contributed by atoms with Crippen molar-refractivity contribution >= 4 is 12.2 Å². The Kier molecular flexibility index (Phi) is 3.05. The number of nitrogens with zero attached hydrogens (tertiary/aromatic N) is 1. The lowest BCUT2D eigenvalue weighted by atomic mass is 10.1. The minimum absolute atomic E-state index is 0.0594. The number of rotatable bonds is 2. The molecule has 2 rings (SSSR count). The van der Waals surface area contributed by atoms with Crippen molar-refractivity contribution in [3.8, 4) is 0 Å². The Hall–Kier alpha value is -1.62. The number of aromatic amines is 1. The molecule has 0 spiro atoms. The first kappa shape index (κ1) is 10.9. The van der Waals surface area contributed by atoms with Gasteiger partial charge in [0.1, 0.15) is 5.82 Å². The summed E-state index contributed by atoms with van der Waals surface area (Å²) < 4.78 is 26.1. The fourth-order valence-electron chi connectivity index (χ4n) is 1.35. The van der Waals surface area contributed by atoms with Gasteiger partial charge in [-0.1, -0.05) is 24.4 Å². The Bertz CT molecular complexity index is 549. The maximum atomic E-state index is 13.5. The first-order valence-corrected chi connectivity index (χ1v) is 5.04. The molecule has 0 aliphatic heterocycles. The summed E-state index contributed by atoms with van der Waals surface area (Å²) in [5, 5.41) is 0. The smallest absolute Gasteiger partial charge is 0.179 e. The number of hydrogen-bond donors (Lipinski definition) is 1. The molecule has 0 unspecified atom stereocenters. The number of halogens is 2. The molecule has 0 bridgehead atoms. The Labute approximate surface area is 96.0 Å². The van der Waals surface area contributed by atoms with E-state index in [1.54, 1.807) is 12.1 Å². The third kappa shape index (κ3) is 2.30. The van der Waals surface area contributed by atoms with E-state index < -0.39 is 5.82 Å². The molecular weight excluding hydrogens is 230 g/mol. The van der Waals surface area contributed by atoms with Crippen molar-refractivity contribution in [2.45, 2.75) is 6.42 Å². The highest BCUT2D eigenvalue weighted by Crippen LogP contribution is 2.11. The molecule has 1 aromatic heterocycles. The van der Waals surface area contributed by atoms with Crippen molar-refractivity contribution < 1.29 is 8.78 Å². The van der Waals surface area contributed by atoms with Crippen LogP contribution >= 0.6 is 12.2 Å². The van der Waals surface area contributed by atoms with E-state index in [0.717, 1.165) is 5.56 Å². The first-order valence-electron chi connectivity index (χ1n) is 4.63. The average molecular weight is 238 g/mol. The summed E-state index contributed by atoms with van der Waals surface area (Å²) in [6.07, 6.45) is 1.68. The number of aromatic nitrogens is 2. The Morgan fingerprint density at radius 3 is 2.56 bits per heavy atom. The largest absolute Gasteiger partial charge is 0.347 e. The highest BCUT2D eigenvalue weighted by atomic mass is 32.1. The van der Waals surface area contributed by atoms with Gasteiger partial charge in [0.05, 0.1) is 12.0 Å². The lowest BCUT2D eigenvalue weighted by molar-refractivity contribution is 0.590. The minimum atomic E-state index is -0.526. The molecule has 2 nitrogen and oxygen atoms in total. The predicted octanol–water partition coefficient (Wildman–Crippen LogP) is 3.01. The molecule has 0 saturated carbocycles. The minimum Gasteiger partial charge on any atom is -0.347 e. The molecule has 0 radical (unpaired) electrons. The number of hydrogen-bond acceptors (Lipinski definition) is 2. The number of nitrogens with one attached hydrogen (secondary N) is 1. The zero-order valence-electron chi connectivity index (χ0n) is 8.21. The van der Waals surface area contributed by atoms with E-state index in [1.165, 1.54) is 18.5 Å². The third-order valence-corrected chi connectivity index (χ3v) is 2.45. The molecule has 0 aliphatic carbocycles. The van der Waals surface area contributed by atoms with Crippen LogP contribution in [-0.2, 0) is 6.42 Å². The van der Waals surface area contributed by atoms with E-state index in [2.05, 4.69) is 9.97 Å². The summed E-state index contributed by atoms with van der Waals surface area (Å²) in [5.74, 6) is -0.839. The quantitative estimate of drug-likeness (QED) is 0.815. The van der Waals surface area contributed by atoms with E-state index >= 15 is 0 Å². The van der Waals surface area contributed by atoms with Gasteiger partial charge in [-0.25, -0.2) is 13.8 Å². The average Bonchev–Trinajstić information content (AvgIpc) is 2.28. The van der Waals surface area contributed by atoms with Crippen LogP contribution in [0.4, 0.5) is 8.78 Å². The molecule has 0 saturated heterocycles. The maximum Gasteiger partial charge on any atom is 0.179 e. The second-order valence-corrected chi connectivity index (χ2v) is 3.69. The highest BCUT2D eigenvalue weighted by molar-refractivity contribution is 7.71. The summed E-state index contributed by atoms with van der Waals surface area (Å²) in [4.78, 5) is 6.31. The van der Waals surface area contributed by atoms with Gasteiger partial charge in [-0.3, -0.25) is 0 Å². The zero-order valence-corrected chi connectivity index (χ0v) is 9.02. The van der Waals surface area contributed by atoms with Crippen molar-refractivity contribution in [2.24, 2.45) is 0 Å². The molecule has 1 N–H and O–H groups in total. The normalized spacial score (nSPS) is 10.4. The van der Waals surface area contributed by atoms with Crippen LogP contribution in [0.5, 0.6) is 0 Å². The number of H-pyrrole nitrogens is 1. The van der Waals surface area contributed by atoms with Crippen LogP contribution in [0.15, 0.2) is 30.6 Å². The van der Waals surface area contributed by atoms with Crippen molar-refractivity contribution in [1.29, 1.82) is 0 Å². The van der Waals surface area contributed by atoms with Crippen molar-refractivity contribution in [1.82, 2.24) is 9.97 Å². The highest BCUT2D eigenvalue weighted by Gasteiger charge is 2.05. The molecule has 1 aromatic carbocycles. The first-order chi connectivity index (χ1) is 7.66. The van der Waals surface area contributed by atoms with Crippen molar-refractivity contribution in [3.63, 3.8) is 0 Å². The van der Waals surface area contributed by atoms with Gasteiger partial charge in [0, 0.05) is 6.42 Å². The van der Waals surface area contributed by atoms with Crippen LogP contribution in [0.1, 0.15) is 11.3 Å². The Balaban J connectivity index is 2.30. The van der Waals surface area contributed by atoms with Crippen LogP contribution in [0.2, 0.25) is 0 Å². The molecular formula is C11H8F2N2S. The van der Waals surface area contributed by atoms with Crippen LogP contribution in [0.25, 0.3) is 0 Å². The van der Waals surface area contributed by atoms with E-state index in [1.807, 2.05) is 0 Å². The molecule has 0 amide bonds. The van der Waals surface area contributed by atoms with Gasteiger partial charge >= 0.3 is 0 Å². The SMILES string of the molecule is Fc1ccc(Cc2[nH]cnc(=S)c2F)cc1. The number of benzene rings is 1. The molecule has 2 aromatic rings. The van der Waals surface area contributed by atoms with E-state index in [9.17, 15) is 8.78 Å². The zero-order chi connectivity index (χ0) is 11.5. The van der Waals surface area contributed by atoms with Gasteiger partial charge in [0.2, 0.25) is 0 Å². The third-order valence-electron chi connectivity index (χ3n) is 2.17.